The zero-order valence-corrected chi connectivity index (χ0v) is 18.9. The maximum absolute atomic E-state index is 12.7. The maximum atomic E-state index is 12.7. The van der Waals surface area contributed by atoms with Crippen LogP contribution in [-0.4, -0.2) is 55.6 Å². The second-order valence-electron chi connectivity index (χ2n) is 7.36. The van der Waals surface area contributed by atoms with E-state index in [9.17, 15) is 14.4 Å². The lowest BCUT2D eigenvalue weighted by atomic mass is 9.98. The monoisotopic (exact) mass is 448 g/mol. The van der Waals surface area contributed by atoms with Gasteiger partial charge in [-0.2, -0.15) is 0 Å². The minimum absolute atomic E-state index is 0.130. The quantitative estimate of drug-likeness (QED) is 0.615. The van der Waals surface area contributed by atoms with Crippen molar-refractivity contribution in [2.75, 3.05) is 38.2 Å². The van der Waals surface area contributed by atoms with Crippen molar-refractivity contribution in [2.45, 2.75) is 33.6 Å². The molecule has 1 atom stereocenters. The van der Waals surface area contributed by atoms with Gasteiger partial charge in [-0.3, -0.25) is 14.5 Å². The van der Waals surface area contributed by atoms with E-state index in [1.165, 1.54) is 11.3 Å². The molecule has 1 aliphatic rings. The molecule has 1 N–H and O–H groups in total. The average molecular weight is 449 g/mol. The van der Waals surface area contributed by atoms with Crippen LogP contribution >= 0.6 is 11.3 Å². The predicted molar refractivity (Wildman–Crippen MR) is 117 cm³/mol. The van der Waals surface area contributed by atoms with Crippen molar-refractivity contribution in [2.24, 2.45) is 5.92 Å². The number of likely N-dealkylation sites (tertiary alicyclic amines) is 1. The molecule has 9 heteroatoms. The molecule has 168 valence electrons. The standard InChI is InChI=1S/C22H28N2O6S/c1-4-28-21(26)15-7-6-10-24(11-15)12-18(25)23-20-19(22(27)29-5-2)16(13-31-20)17-9-8-14(3)30-17/h8-9,13,15H,4-7,10-12H2,1-3H3,(H,23,25)/t15-/m1/s1. The van der Waals surface area contributed by atoms with Crippen molar-refractivity contribution < 1.29 is 28.3 Å². The SMILES string of the molecule is CCOC(=O)c1c(-c2ccc(C)o2)csc1NC(=O)CN1CCC[C@@H](C(=O)OCC)C1. The summed E-state index contributed by atoms with van der Waals surface area (Å²) in [5.41, 5.74) is 0.879. The van der Waals surface area contributed by atoms with Crippen LogP contribution in [0.5, 0.6) is 0 Å². The number of thiophene rings is 1. The average Bonchev–Trinajstić information content (AvgIpc) is 3.34. The van der Waals surface area contributed by atoms with Crippen LogP contribution in [0.4, 0.5) is 5.00 Å². The van der Waals surface area contributed by atoms with E-state index in [0.29, 0.717) is 29.5 Å². The molecule has 3 heterocycles. The molecule has 0 saturated carbocycles. The second kappa shape index (κ2) is 10.6. The molecule has 0 bridgehead atoms. The second-order valence-corrected chi connectivity index (χ2v) is 8.24. The number of furan rings is 1. The molecule has 1 fully saturated rings. The van der Waals surface area contributed by atoms with Gasteiger partial charge in [0.1, 0.15) is 22.1 Å². The Morgan fingerprint density at radius 1 is 1.23 bits per heavy atom. The number of nitrogens with zero attached hydrogens (tertiary/aromatic N) is 1. The number of aryl methyl sites for hydroxylation is 1. The Hall–Kier alpha value is -2.65. The number of hydrogen-bond acceptors (Lipinski definition) is 8. The van der Waals surface area contributed by atoms with Crippen LogP contribution < -0.4 is 5.32 Å². The molecule has 0 unspecified atom stereocenters. The summed E-state index contributed by atoms with van der Waals surface area (Å²) in [4.78, 5) is 39.3. The first-order valence-corrected chi connectivity index (χ1v) is 11.3. The zero-order chi connectivity index (χ0) is 22.4. The minimum Gasteiger partial charge on any atom is -0.466 e. The summed E-state index contributed by atoms with van der Waals surface area (Å²) >= 11 is 1.25. The van der Waals surface area contributed by atoms with Gasteiger partial charge in [0.05, 0.1) is 25.7 Å². The summed E-state index contributed by atoms with van der Waals surface area (Å²) in [6.45, 7) is 7.26. The van der Waals surface area contributed by atoms with Gasteiger partial charge >= 0.3 is 11.9 Å². The largest absolute Gasteiger partial charge is 0.466 e. The van der Waals surface area contributed by atoms with Crippen molar-refractivity contribution in [3.8, 4) is 11.3 Å². The van der Waals surface area contributed by atoms with E-state index < -0.39 is 5.97 Å². The van der Waals surface area contributed by atoms with Crippen LogP contribution in [0.3, 0.4) is 0 Å². The molecule has 0 aromatic carbocycles. The number of ether oxygens (including phenoxy) is 2. The predicted octanol–water partition coefficient (Wildman–Crippen LogP) is 3.71. The summed E-state index contributed by atoms with van der Waals surface area (Å²) in [5, 5.41) is 5.04. The van der Waals surface area contributed by atoms with Gasteiger partial charge in [0.2, 0.25) is 5.91 Å². The Kier molecular flexibility index (Phi) is 7.86. The lowest BCUT2D eigenvalue weighted by Gasteiger charge is -2.30. The van der Waals surface area contributed by atoms with Gasteiger partial charge < -0.3 is 19.2 Å². The molecule has 0 radical (unpaired) electrons. The molecule has 0 aliphatic carbocycles. The van der Waals surface area contributed by atoms with Crippen LogP contribution in [0.2, 0.25) is 0 Å². The number of carbonyl (C=O) groups is 3. The van der Waals surface area contributed by atoms with Crippen LogP contribution in [0, 0.1) is 12.8 Å². The van der Waals surface area contributed by atoms with E-state index in [2.05, 4.69) is 5.32 Å². The topological polar surface area (TPSA) is 98.1 Å². The van der Waals surface area contributed by atoms with E-state index >= 15 is 0 Å². The fraction of sp³-hybridized carbons (Fsp3) is 0.500. The number of piperidine rings is 1. The Morgan fingerprint density at radius 3 is 2.68 bits per heavy atom. The van der Waals surface area contributed by atoms with Gasteiger partial charge in [0, 0.05) is 17.5 Å². The number of amides is 1. The summed E-state index contributed by atoms with van der Waals surface area (Å²) < 4.78 is 16.0. The van der Waals surface area contributed by atoms with Crippen LogP contribution in [0.25, 0.3) is 11.3 Å². The number of hydrogen-bond donors (Lipinski definition) is 1. The third-order valence-electron chi connectivity index (χ3n) is 5.02. The summed E-state index contributed by atoms with van der Waals surface area (Å²) in [6, 6.07) is 3.60. The third-order valence-corrected chi connectivity index (χ3v) is 5.92. The molecule has 3 rings (SSSR count). The summed E-state index contributed by atoms with van der Waals surface area (Å²) in [7, 11) is 0. The van der Waals surface area contributed by atoms with E-state index in [1.807, 2.05) is 17.9 Å². The van der Waals surface area contributed by atoms with Crippen molar-refractivity contribution in [1.29, 1.82) is 0 Å². The first-order chi connectivity index (χ1) is 14.9. The molecule has 1 amide bonds. The number of carbonyl (C=O) groups excluding carboxylic acids is 3. The van der Waals surface area contributed by atoms with Gasteiger partial charge in [-0.1, -0.05) is 0 Å². The van der Waals surface area contributed by atoms with Gasteiger partial charge in [0.25, 0.3) is 0 Å². The van der Waals surface area contributed by atoms with Gasteiger partial charge in [-0.05, 0) is 52.3 Å². The van der Waals surface area contributed by atoms with Crippen molar-refractivity contribution in [1.82, 2.24) is 4.90 Å². The molecule has 2 aromatic heterocycles. The highest BCUT2D eigenvalue weighted by molar-refractivity contribution is 7.15. The molecule has 1 aliphatic heterocycles. The molecular weight excluding hydrogens is 420 g/mol. The Labute approximate surface area is 185 Å². The lowest BCUT2D eigenvalue weighted by molar-refractivity contribution is -0.150. The molecule has 0 spiro atoms. The van der Waals surface area contributed by atoms with E-state index in [0.717, 1.165) is 25.1 Å². The highest BCUT2D eigenvalue weighted by Crippen LogP contribution is 2.37. The summed E-state index contributed by atoms with van der Waals surface area (Å²) in [6.07, 6.45) is 1.59. The van der Waals surface area contributed by atoms with Crippen molar-refractivity contribution in [3.05, 3.63) is 28.8 Å². The Bertz CT molecular complexity index is 934. The first kappa shape index (κ1) is 23.0. The highest BCUT2D eigenvalue weighted by atomic mass is 32.1. The number of esters is 2. The van der Waals surface area contributed by atoms with Crippen LogP contribution in [-0.2, 0) is 19.1 Å². The Morgan fingerprint density at radius 2 is 2.00 bits per heavy atom. The van der Waals surface area contributed by atoms with Crippen molar-refractivity contribution >= 4 is 34.2 Å². The molecular formula is C22H28N2O6S. The van der Waals surface area contributed by atoms with E-state index in [-0.39, 0.29) is 36.5 Å². The van der Waals surface area contributed by atoms with Gasteiger partial charge in [-0.25, -0.2) is 4.79 Å². The zero-order valence-electron chi connectivity index (χ0n) is 18.1. The molecule has 2 aromatic rings. The molecule has 31 heavy (non-hydrogen) atoms. The summed E-state index contributed by atoms with van der Waals surface area (Å²) in [5.74, 6) is 0.0805. The number of nitrogens with one attached hydrogen (secondary N) is 1. The molecule has 1 saturated heterocycles. The van der Waals surface area contributed by atoms with Crippen LogP contribution in [0.1, 0.15) is 42.8 Å². The third kappa shape index (κ3) is 5.74. The molecule has 8 nitrogen and oxygen atoms in total. The highest BCUT2D eigenvalue weighted by Gasteiger charge is 2.29. The van der Waals surface area contributed by atoms with E-state index in [1.54, 1.807) is 25.3 Å². The number of anilines is 1. The lowest BCUT2D eigenvalue weighted by Crippen LogP contribution is -2.43. The minimum atomic E-state index is -0.511. The van der Waals surface area contributed by atoms with Crippen molar-refractivity contribution in [3.63, 3.8) is 0 Å². The fourth-order valence-electron chi connectivity index (χ4n) is 3.64. The Balaban J connectivity index is 1.71. The normalized spacial score (nSPS) is 16.7. The van der Waals surface area contributed by atoms with Gasteiger partial charge in [0.15, 0.2) is 0 Å². The smallest absolute Gasteiger partial charge is 0.341 e. The van der Waals surface area contributed by atoms with Crippen LogP contribution in [0.15, 0.2) is 21.9 Å². The first-order valence-electron chi connectivity index (χ1n) is 10.5. The van der Waals surface area contributed by atoms with E-state index in [4.69, 9.17) is 13.9 Å². The fourth-order valence-corrected chi connectivity index (χ4v) is 4.59. The number of rotatable bonds is 8. The van der Waals surface area contributed by atoms with Gasteiger partial charge in [-0.15, -0.1) is 11.3 Å². The maximum Gasteiger partial charge on any atom is 0.341 e.